The molecule has 1 aliphatic heterocycles. The Hall–Kier alpha value is -2.08. The second-order valence-corrected chi connectivity index (χ2v) is 5.11. The van der Waals surface area contributed by atoms with Gasteiger partial charge < -0.3 is 14.1 Å². The number of carbonyl (C=O) groups excluding carboxylic acids is 1. The smallest absolute Gasteiger partial charge is 0.274 e. The van der Waals surface area contributed by atoms with Gasteiger partial charge >= 0.3 is 0 Å². The summed E-state index contributed by atoms with van der Waals surface area (Å²) in [7, 11) is 0. The second kappa shape index (κ2) is 6.13. The van der Waals surface area contributed by atoms with Crippen molar-refractivity contribution in [2.45, 2.75) is 25.9 Å². The predicted octanol–water partition coefficient (Wildman–Crippen LogP) is 2.31. The van der Waals surface area contributed by atoms with Crippen LogP contribution in [0.5, 0.6) is 0 Å². The molecule has 0 aromatic carbocycles. The first kappa shape index (κ1) is 13.9. The summed E-state index contributed by atoms with van der Waals surface area (Å²) in [4.78, 5) is 14.3. The highest BCUT2D eigenvalue weighted by atomic mass is 16.5. The van der Waals surface area contributed by atoms with Crippen LogP contribution >= 0.6 is 0 Å². The minimum atomic E-state index is -0.0616. The molecule has 2 aromatic rings. The third-order valence-electron chi connectivity index (χ3n) is 3.65. The fraction of sp³-hybridized carbons (Fsp3) is 0.467. The van der Waals surface area contributed by atoms with Crippen molar-refractivity contribution in [3.05, 3.63) is 30.2 Å². The fourth-order valence-electron chi connectivity index (χ4n) is 2.65. The lowest BCUT2D eigenvalue weighted by Crippen LogP contribution is -2.43. The largest absolute Gasteiger partial charge is 0.463 e. The van der Waals surface area contributed by atoms with Gasteiger partial charge in [0.2, 0.25) is 0 Å². The molecule has 0 bridgehead atoms. The fourth-order valence-corrected chi connectivity index (χ4v) is 2.65. The highest BCUT2D eigenvalue weighted by Crippen LogP contribution is 2.20. The molecule has 1 amide bonds. The zero-order chi connectivity index (χ0) is 14.7. The molecule has 1 fully saturated rings. The van der Waals surface area contributed by atoms with E-state index in [4.69, 9.17) is 9.15 Å². The lowest BCUT2D eigenvalue weighted by Gasteiger charge is -2.32. The molecule has 6 heteroatoms. The highest BCUT2D eigenvalue weighted by Gasteiger charge is 2.26. The zero-order valence-electron chi connectivity index (χ0n) is 12.0. The van der Waals surface area contributed by atoms with Crippen LogP contribution in [-0.4, -0.2) is 46.8 Å². The van der Waals surface area contributed by atoms with E-state index < -0.39 is 0 Å². The average molecular weight is 289 g/mol. The van der Waals surface area contributed by atoms with Gasteiger partial charge in [-0.2, -0.15) is 5.10 Å². The van der Waals surface area contributed by atoms with Crippen LogP contribution in [0.25, 0.3) is 11.5 Å². The van der Waals surface area contributed by atoms with Crippen LogP contribution in [0.3, 0.4) is 0 Å². The molecule has 0 saturated carbocycles. The Morgan fingerprint density at radius 3 is 3.29 bits per heavy atom. The Labute approximate surface area is 123 Å². The molecule has 6 nitrogen and oxygen atoms in total. The number of aromatic nitrogens is 2. The van der Waals surface area contributed by atoms with Gasteiger partial charge in [0.25, 0.3) is 5.91 Å². The molecule has 1 N–H and O–H groups in total. The number of nitrogens with one attached hydrogen (secondary N) is 1. The van der Waals surface area contributed by atoms with Crippen LogP contribution < -0.4 is 0 Å². The topological polar surface area (TPSA) is 71.4 Å². The molecule has 1 aliphatic rings. The van der Waals surface area contributed by atoms with Crippen molar-refractivity contribution in [1.82, 2.24) is 15.1 Å². The highest BCUT2D eigenvalue weighted by molar-refractivity contribution is 5.93. The van der Waals surface area contributed by atoms with Gasteiger partial charge in [-0.05, 0) is 31.9 Å². The molecule has 1 atom stereocenters. The minimum absolute atomic E-state index is 0.0616. The van der Waals surface area contributed by atoms with E-state index in [1.54, 1.807) is 18.4 Å². The molecule has 3 rings (SSSR count). The van der Waals surface area contributed by atoms with Crippen molar-refractivity contribution in [2.75, 3.05) is 19.7 Å². The van der Waals surface area contributed by atoms with Crippen molar-refractivity contribution in [3.8, 4) is 11.5 Å². The number of piperidine rings is 1. The quantitative estimate of drug-likeness (QED) is 0.937. The number of aromatic amines is 1. The molecule has 112 valence electrons. The van der Waals surface area contributed by atoms with Gasteiger partial charge in [-0.1, -0.05) is 0 Å². The number of carbonyl (C=O) groups is 1. The molecule has 3 heterocycles. The summed E-state index contributed by atoms with van der Waals surface area (Å²) in [6.07, 6.45) is 3.70. The maximum atomic E-state index is 12.5. The Morgan fingerprint density at radius 2 is 2.52 bits per heavy atom. The maximum Gasteiger partial charge on any atom is 0.274 e. The lowest BCUT2D eigenvalue weighted by atomic mass is 10.1. The van der Waals surface area contributed by atoms with E-state index in [1.807, 2.05) is 17.9 Å². The van der Waals surface area contributed by atoms with Gasteiger partial charge in [-0.3, -0.25) is 9.89 Å². The Kier molecular flexibility index (Phi) is 4.06. The van der Waals surface area contributed by atoms with Crippen molar-refractivity contribution in [2.24, 2.45) is 0 Å². The SMILES string of the molecule is CCO[C@H]1CCCN(C(=O)c2cc(-c3ccco3)[nH]n2)C1. The number of H-pyrrole nitrogens is 1. The van der Waals surface area contributed by atoms with Crippen molar-refractivity contribution in [3.63, 3.8) is 0 Å². The third-order valence-corrected chi connectivity index (χ3v) is 3.65. The molecule has 0 aliphatic carbocycles. The van der Waals surface area contributed by atoms with E-state index in [9.17, 15) is 4.79 Å². The average Bonchev–Trinajstić information content (AvgIpc) is 3.18. The first-order valence-corrected chi connectivity index (χ1v) is 7.28. The molecule has 2 aromatic heterocycles. The molecule has 0 unspecified atom stereocenters. The monoisotopic (exact) mass is 289 g/mol. The number of likely N-dealkylation sites (tertiary alicyclic amines) is 1. The zero-order valence-corrected chi connectivity index (χ0v) is 12.0. The van der Waals surface area contributed by atoms with Gasteiger partial charge in [-0.15, -0.1) is 0 Å². The summed E-state index contributed by atoms with van der Waals surface area (Å²) in [6.45, 7) is 4.04. The van der Waals surface area contributed by atoms with E-state index >= 15 is 0 Å². The van der Waals surface area contributed by atoms with Crippen LogP contribution in [0.1, 0.15) is 30.3 Å². The van der Waals surface area contributed by atoms with Crippen LogP contribution in [0.2, 0.25) is 0 Å². The summed E-state index contributed by atoms with van der Waals surface area (Å²) < 4.78 is 10.9. The van der Waals surface area contributed by atoms with Crippen molar-refractivity contribution >= 4 is 5.91 Å². The number of hydrogen-bond donors (Lipinski definition) is 1. The predicted molar refractivity (Wildman–Crippen MR) is 76.8 cm³/mol. The molecule has 0 spiro atoms. The number of hydrogen-bond acceptors (Lipinski definition) is 4. The number of amides is 1. The number of rotatable bonds is 4. The summed E-state index contributed by atoms with van der Waals surface area (Å²) in [6, 6.07) is 5.36. The molecule has 21 heavy (non-hydrogen) atoms. The van der Waals surface area contributed by atoms with E-state index in [1.165, 1.54) is 0 Å². The first-order chi connectivity index (χ1) is 10.3. The third kappa shape index (κ3) is 3.00. The Balaban J connectivity index is 1.70. The summed E-state index contributed by atoms with van der Waals surface area (Å²) in [5, 5.41) is 6.94. The Bertz CT molecular complexity index is 589. The van der Waals surface area contributed by atoms with Crippen LogP contribution in [-0.2, 0) is 4.74 Å². The van der Waals surface area contributed by atoms with E-state index in [2.05, 4.69) is 10.2 Å². The van der Waals surface area contributed by atoms with Crippen LogP contribution in [0, 0.1) is 0 Å². The van der Waals surface area contributed by atoms with Gasteiger partial charge in [0.05, 0.1) is 12.4 Å². The summed E-state index contributed by atoms with van der Waals surface area (Å²) >= 11 is 0. The Morgan fingerprint density at radius 1 is 1.62 bits per heavy atom. The van der Waals surface area contributed by atoms with Gasteiger partial charge in [0.15, 0.2) is 11.5 Å². The van der Waals surface area contributed by atoms with Crippen molar-refractivity contribution < 1.29 is 13.9 Å². The van der Waals surface area contributed by atoms with E-state index in [0.717, 1.165) is 19.4 Å². The van der Waals surface area contributed by atoms with Gasteiger partial charge in [0.1, 0.15) is 5.69 Å². The number of furan rings is 1. The van der Waals surface area contributed by atoms with Gasteiger partial charge in [-0.25, -0.2) is 0 Å². The minimum Gasteiger partial charge on any atom is -0.463 e. The molecule has 1 saturated heterocycles. The van der Waals surface area contributed by atoms with Crippen LogP contribution in [0.4, 0.5) is 0 Å². The number of nitrogens with zero attached hydrogens (tertiary/aromatic N) is 2. The maximum absolute atomic E-state index is 12.5. The molecule has 0 radical (unpaired) electrons. The second-order valence-electron chi connectivity index (χ2n) is 5.11. The van der Waals surface area contributed by atoms with Crippen molar-refractivity contribution in [1.29, 1.82) is 0 Å². The standard InChI is InChI=1S/C15H19N3O3/c1-2-20-11-5-3-7-18(10-11)15(19)13-9-12(16-17-13)14-6-4-8-21-14/h4,6,8-9,11H,2-3,5,7,10H2,1H3,(H,16,17)/t11-/m0/s1. The lowest BCUT2D eigenvalue weighted by molar-refractivity contribution is 0.00703. The number of ether oxygens (including phenoxy) is 1. The molecular weight excluding hydrogens is 270 g/mol. The van der Waals surface area contributed by atoms with E-state index in [-0.39, 0.29) is 12.0 Å². The summed E-state index contributed by atoms with van der Waals surface area (Å²) in [5.41, 5.74) is 1.13. The first-order valence-electron chi connectivity index (χ1n) is 7.28. The normalized spacial score (nSPS) is 18.9. The van der Waals surface area contributed by atoms with Crippen LogP contribution in [0.15, 0.2) is 28.9 Å². The van der Waals surface area contributed by atoms with Gasteiger partial charge in [0, 0.05) is 25.8 Å². The van der Waals surface area contributed by atoms with E-state index in [0.29, 0.717) is 30.3 Å². The summed E-state index contributed by atoms with van der Waals surface area (Å²) in [5.74, 6) is 0.612. The molecular formula is C15H19N3O3.